The fourth-order valence-electron chi connectivity index (χ4n) is 2.25. The van der Waals surface area contributed by atoms with Crippen LogP contribution >= 0.6 is 27.3 Å². The second-order valence-electron chi connectivity index (χ2n) is 4.87. The molecule has 0 aliphatic heterocycles. The van der Waals surface area contributed by atoms with Crippen molar-refractivity contribution in [3.63, 3.8) is 0 Å². The largest absolute Gasteiger partial charge is 0.503 e. The molecule has 2 rings (SSSR count). The molecule has 21 heavy (non-hydrogen) atoms. The predicted molar refractivity (Wildman–Crippen MR) is 91.2 cm³/mol. The number of phenols is 1. The molecule has 0 aliphatic carbocycles. The zero-order valence-electron chi connectivity index (χ0n) is 12.2. The van der Waals surface area contributed by atoms with Crippen LogP contribution in [-0.2, 0) is 6.54 Å². The van der Waals surface area contributed by atoms with Gasteiger partial charge in [-0.1, -0.05) is 19.4 Å². The van der Waals surface area contributed by atoms with Gasteiger partial charge < -0.3 is 15.2 Å². The van der Waals surface area contributed by atoms with Crippen LogP contribution in [0.3, 0.4) is 0 Å². The molecule has 2 aromatic rings. The molecule has 1 aromatic carbocycles. The maximum absolute atomic E-state index is 9.84. The van der Waals surface area contributed by atoms with Gasteiger partial charge in [0.25, 0.3) is 0 Å². The van der Waals surface area contributed by atoms with E-state index in [2.05, 4.69) is 45.7 Å². The summed E-state index contributed by atoms with van der Waals surface area (Å²) in [6.45, 7) is 2.93. The third-order valence-electron chi connectivity index (χ3n) is 3.32. The second-order valence-corrected chi connectivity index (χ2v) is 6.70. The number of ether oxygens (including phenoxy) is 1. The molecule has 5 heteroatoms. The zero-order chi connectivity index (χ0) is 15.2. The van der Waals surface area contributed by atoms with Crippen LogP contribution in [0.1, 0.15) is 36.2 Å². The molecule has 1 aromatic heterocycles. The van der Waals surface area contributed by atoms with E-state index in [1.54, 1.807) is 18.4 Å². The topological polar surface area (TPSA) is 41.5 Å². The van der Waals surface area contributed by atoms with Crippen molar-refractivity contribution < 1.29 is 9.84 Å². The van der Waals surface area contributed by atoms with Crippen LogP contribution in [0.5, 0.6) is 11.5 Å². The number of methoxy groups -OCH3 is 1. The molecule has 0 saturated carbocycles. The number of thiophene rings is 1. The average molecular weight is 370 g/mol. The van der Waals surface area contributed by atoms with E-state index in [1.807, 2.05) is 12.1 Å². The molecule has 1 unspecified atom stereocenters. The van der Waals surface area contributed by atoms with Crippen molar-refractivity contribution in [3.8, 4) is 11.5 Å². The minimum absolute atomic E-state index is 0.143. The molecule has 2 N–H and O–H groups in total. The van der Waals surface area contributed by atoms with E-state index in [0.717, 1.165) is 24.9 Å². The van der Waals surface area contributed by atoms with Gasteiger partial charge in [0.2, 0.25) is 0 Å². The number of benzene rings is 1. The summed E-state index contributed by atoms with van der Waals surface area (Å²) in [4.78, 5) is 1.36. The van der Waals surface area contributed by atoms with Crippen molar-refractivity contribution in [1.29, 1.82) is 0 Å². The molecular weight excluding hydrogens is 350 g/mol. The molecule has 3 nitrogen and oxygen atoms in total. The van der Waals surface area contributed by atoms with Gasteiger partial charge in [0.1, 0.15) is 0 Å². The minimum atomic E-state index is 0.143. The quantitative estimate of drug-likeness (QED) is 0.732. The fraction of sp³-hybridized carbons (Fsp3) is 0.375. The van der Waals surface area contributed by atoms with Gasteiger partial charge in [0.15, 0.2) is 11.5 Å². The summed E-state index contributed by atoms with van der Waals surface area (Å²) < 4.78 is 5.84. The van der Waals surface area contributed by atoms with Crippen LogP contribution < -0.4 is 10.1 Å². The Morgan fingerprint density at radius 1 is 1.43 bits per heavy atom. The second kappa shape index (κ2) is 7.82. The molecule has 0 saturated heterocycles. The first-order valence-corrected chi connectivity index (χ1v) is 8.65. The van der Waals surface area contributed by atoms with E-state index < -0.39 is 0 Å². The molecular formula is C16H20BrNO2S. The van der Waals surface area contributed by atoms with Crippen molar-refractivity contribution >= 4 is 27.3 Å². The first-order valence-electron chi connectivity index (χ1n) is 6.97. The third-order valence-corrected chi connectivity index (χ3v) is 4.92. The molecule has 0 spiro atoms. The molecule has 1 atom stereocenters. The summed E-state index contributed by atoms with van der Waals surface area (Å²) in [5.41, 5.74) is 1.08. The Bertz CT molecular complexity index is 572. The van der Waals surface area contributed by atoms with E-state index in [-0.39, 0.29) is 5.75 Å². The van der Waals surface area contributed by atoms with Gasteiger partial charge in [-0.2, -0.15) is 0 Å². The van der Waals surface area contributed by atoms with Crippen LogP contribution in [0.15, 0.2) is 34.1 Å². The van der Waals surface area contributed by atoms with Gasteiger partial charge >= 0.3 is 0 Å². The Balaban J connectivity index is 2.09. The number of nitrogens with one attached hydrogen (secondary N) is 1. The highest BCUT2D eigenvalue weighted by atomic mass is 79.9. The normalized spacial score (nSPS) is 12.3. The average Bonchev–Trinajstić information content (AvgIpc) is 3.00. The monoisotopic (exact) mass is 369 g/mol. The van der Waals surface area contributed by atoms with E-state index in [0.29, 0.717) is 16.3 Å². The van der Waals surface area contributed by atoms with Crippen molar-refractivity contribution in [2.45, 2.75) is 32.4 Å². The summed E-state index contributed by atoms with van der Waals surface area (Å²) in [7, 11) is 1.56. The maximum atomic E-state index is 9.84. The first kappa shape index (κ1) is 16.3. The fourth-order valence-corrected chi connectivity index (χ4v) is 3.58. The lowest BCUT2D eigenvalue weighted by molar-refractivity contribution is 0.371. The summed E-state index contributed by atoms with van der Waals surface area (Å²) >= 11 is 5.14. The molecule has 0 fully saturated rings. The minimum Gasteiger partial charge on any atom is -0.503 e. The highest BCUT2D eigenvalue weighted by Crippen LogP contribution is 2.35. The van der Waals surface area contributed by atoms with Crippen LogP contribution in [0.4, 0.5) is 0 Å². The Morgan fingerprint density at radius 2 is 2.24 bits per heavy atom. The van der Waals surface area contributed by atoms with E-state index in [1.165, 1.54) is 4.88 Å². The van der Waals surface area contributed by atoms with Gasteiger partial charge in [-0.15, -0.1) is 11.3 Å². The highest BCUT2D eigenvalue weighted by molar-refractivity contribution is 9.10. The zero-order valence-corrected chi connectivity index (χ0v) is 14.6. The Morgan fingerprint density at radius 3 is 2.86 bits per heavy atom. The molecule has 0 aliphatic rings. The maximum Gasteiger partial charge on any atom is 0.172 e. The van der Waals surface area contributed by atoms with Gasteiger partial charge in [0, 0.05) is 17.5 Å². The summed E-state index contributed by atoms with van der Waals surface area (Å²) in [5, 5.41) is 15.5. The van der Waals surface area contributed by atoms with Crippen LogP contribution in [0, 0.1) is 0 Å². The summed E-state index contributed by atoms with van der Waals surface area (Å²) in [5.74, 6) is 0.633. The van der Waals surface area contributed by atoms with Gasteiger partial charge in [-0.3, -0.25) is 0 Å². The lowest BCUT2D eigenvalue weighted by Crippen LogP contribution is -2.20. The van der Waals surface area contributed by atoms with E-state index >= 15 is 0 Å². The molecule has 0 amide bonds. The van der Waals surface area contributed by atoms with Gasteiger partial charge in [-0.05, 0) is 51.5 Å². The van der Waals surface area contributed by atoms with Crippen LogP contribution in [0.25, 0.3) is 0 Å². The van der Waals surface area contributed by atoms with Crippen molar-refractivity contribution in [3.05, 3.63) is 44.6 Å². The highest BCUT2D eigenvalue weighted by Gasteiger charge is 2.13. The van der Waals surface area contributed by atoms with Crippen LogP contribution in [0.2, 0.25) is 0 Å². The number of rotatable bonds is 7. The van der Waals surface area contributed by atoms with Crippen molar-refractivity contribution in [1.82, 2.24) is 5.32 Å². The lowest BCUT2D eigenvalue weighted by atomic mass is 10.1. The predicted octanol–water partition coefficient (Wildman–Crippen LogP) is 4.86. The van der Waals surface area contributed by atoms with E-state index in [4.69, 9.17) is 4.74 Å². The SMILES string of the molecule is CCCC(NCc1cc(Br)c(O)c(OC)c1)c1cccs1. The first-order chi connectivity index (χ1) is 10.2. The summed E-state index contributed by atoms with van der Waals surface area (Å²) in [6.07, 6.45) is 2.25. The Labute approximate surface area is 138 Å². The van der Waals surface area contributed by atoms with Crippen LogP contribution in [-0.4, -0.2) is 12.2 Å². The lowest BCUT2D eigenvalue weighted by Gasteiger charge is -2.17. The molecule has 0 radical (unpaired) electrons. The van der Waals surface area contributed by atoms with E-state index in [9.17, 15) is 5.11 Å². The van der Waals surface area contributed by atoms with Crippen molar-refractivity contribution in [2.75, 3.05) is 7.11 Å². The summed E-state index contributed by atoms with van der Waals surface area (Å²) in [6, 6.07) is 8.41. The molecule has 0 bridgehead atoms. The van der Waals surface area contributed by atoms with Gasteiger partial charge in [-0.25, -0.2) is 0 Å². The number of hydrogen-bond acceptors (Lipinski definition) is 4. The Kier molecular flexibility index (Phi) is 6.08. The molecule has 114 valence electrons. The molecule has 1 heterocycles. The van der Waals surface area contributed by atoms with Gasteiger partial charge in [0.05, 0.1) is 11.6 Å². The Hall–Kier alpha value is -1.04. The standard InChI is InChI=1S/C16H20BrNO2S/c1-3-5-13(15-6-4-7-21-15)18-10-11-8-12(17)16(19)14(9-11)20-2/h4,6-9,13,18-19H,3,5,10H2,1-2H3. The van der Waals surface area contributed by atoms with Crippen molar-refractivity contribution in [2.24, 2.45) is 0 Å². The smallest absolute Gasteiger partial charge is 0.172 e. The number of phenolic OH excluding ortho intramolecular Hbond substituents is 1. The third kappa shape index (κ3) is 4.22. The number of halogens is 1. The number of aromatic hydroxyl groups is 1. The number of hydrogen-bond donors (Lipinski definition) is 2.